The number of fused-ring (bicyclic) bond motifs is 1. The minimum Gasteiger partial charge on any atom is -0.451 e. The normalized spacial score (nSPS) is 12.0. The fourth-order valence-corrected chi connectivity index (χ4v) is 2.96. The molecule has 1 aromatic carbocycles. The van der Waals surface area contributed by atoms with Gasteiger partial charge in [-0.25, -0.2) is 4.79 Å². The van der Waals surface area contributed by atoms with Gasteiger partial charge < -0.3 is 14.5 Å². The van der Waals surface area contributed by atoms with Crippen LogP contribution in [-0.4, -0.2) is 22.5 Å². The van der Waals surface area contributed by atoms with Crippen molar-refractivity contribution in [2.75, 3.05) is 0 Å². The lowest BCUT2D eigenvalue weighted by Crippen LogP contribution is -2.36. The topological polar surface area (TPSA) is 90.5 Å². The fraction of sp³-hybridized carbons (Fsp3) is 0.235. The molecule has 0 bridgehead atoms. The molecule has 0 aliphatic heterocycles. The second-order valence-corrected chi connectivity index (χ2v) is 6.38. The Hall–Kier alpha value is -2.87. The van der Waals surface area contributed by atoms with Crippen LogP contribution >= 0.6 is 11.3 Å². The van der Waals surface area contributed by atoms with Gasteiger partial charge in [0.05, 0.1) is 12.1 Å². The van der Waals surface area contributed by atoms with Gasteiger partial charge in [-0.2, -0.15) is 0 Å². The monoisotopic (exact) mass is 360 g/mol. The maximum absolute atomic E-state index is 12.1. The molecule has 0 spiro atoms. The van der Waals surface area contributed by atoms with E-state index in [1.807, 2.05) is 17.5 Å². The zero-order valence-corrected chi connectivity index (χ0v) is 14.2. The molecule has 0 fully saturated rings. The van der Waals surface area contributed by atoms with Gasteiger partial charge in [-0.15, -0.1) is 11.3 Å². The highest BCUT2D eigenvalue weighted by molar-refractivity contribution is 7.09. The number of carbonyl (C=O) groups is 2. The van der Waals surface area contributed by atoms with Gasteiger partial charge in [0.25, 0.3) is 5.91 Å². The van der Waals surface area contributed by atoms with Crippen molar-refractivity contribution in [1.82, 2.24) is 9.88 Å². The van der Waals surface area contributed by atoms with E-state index in [0.29, 0.717) is 17.6 Å². The van der Waals surface area contributed by atoms with Crippen LogP contribution in [0.25, 0.3) is 11.1 Å². The number of hydrogen-bond acceptors (Lipinski definition) is 6. The van der Waals surface area contributed by atoms with E-state index < -0.39 is 23.7 Å². The Labute approximate surface area is 146 Å². The average Bonchev–Trinajstić information content (AvgIpc) is 3.21. The highest BCUT2D eigenvalue weighted by atomic mass is 32.1. The number of amides is 1. The Kier molecular flexibility index (Phi) is 4.99. The molecule has 1 amide bonds. The Morgan fingerprint density at radius 1 is 1.28 bits per heavy atom. The molecule has 0 saturated heterocycles. The first-order chi connectivity index (χ1) is 12.0. The van der Waals surface area contributed by atoms with Crippen LogP contribution in [0.5, 0.6) is 0 Å². The number of thiophene rings is 1. The highest BCUT2D eigenvalue weighted by Gasteiger charge is 2.19. The maximum Gasteiger partial charge on any atom is 0.420 e. The quantitative estimate of drug-likeness (QED) is 0.678. The molecular weight excluding hydrogens is 344 g/mol. The number of para-hydroxylation sites is 2. The molecule has 8 heteroatoms. The third kappa shape index (κ3) is 3.97. The fourth-order valence-electron chi connectivity index (χ4n) is 2.31. The van der Waals surface area contributed by atoms with E-state index in [0.717, 1.165) is 4.88 Å². The molecule has 0 radical (unpaired) electrons. The van der Waals surface area contributed by atoms with Crippen molar-refractivity contribution in [2.24, 2.45) is 0 Å². The molecule has 1 N–H and O–H groups in total. The van der Waals surface area contributed by atoms with E-state index in [2.05, 4.69) is 5.32 Å². The Bertz CT molecular complexity index is 942. The van der Waals surface area contributed by atoms with Crippen molar-refractivity contribution in [2.45, 2.75) is 26.1 Å². The van der Waals surface area contributed by atoms with Crippen molar-refractivity contribution in [3.05, 3.63) is 57.2 Å². The van der Waals surface area contributed by atoms with E-state index in [-0.39, 0.29) is 6.54 Å². The van der Waals surface area contributed by atoms with Crippen LogP contribution in [0.3, 0.4) is 0 Å². The first-order valence-electron chi connectivity index (χ1n) is 7.62. The molecule has 1 atom stereocenters. The number of hydrogen-bond donors (Lipinski definition) is 1. The molecule has 3 aromatic rings. The molecule has 3 rings (SSSR count). The summed E-state index contributed by atoms with van der Waals surface area (Å²) < 4.78 is 11.3. The number of rotatable bonds is 6. The molecule has 0 aliphatic carbocycles. The first-order valence-corrected chi connectivity index (χ1v) is 8.50. The standard InChI is InChI=1S/C17H16N2O5S/c1-11(16(21)18-9-12-5-4-8-25-12)23-15(20)10-19-13-6-2-3-7-14(13)24-17(19)22/h2-8,11H,9-10H2,1H3,(H,18,21). The van der Waals surface area contributed by atoms with E-state index in [1.165, 1.54) is 22.8 Å². The highest BCUT2D eigenvalue weighted by Crippen LogP contribution is 2.12. The SMILES string of the molecule is CC(OC(=O)Cn1c(=O)oc2ccccc21)C(=O)NCc1cccs1. The lowest BCUT2D eigenvalue weighted by Gasteiger charge is -2.13. The van der Waals surface area contributed by atoms with Crippen LogP contribution < -0.4 is 11.1 Å². The van der Waals surface area contributed by atoms with E-state index in [4.69, 9.17) is 9.15 Å². The molecule has 1 unspecified atom stereocenters. The van der Waals surface area contributed by atoms with Crippen LogP contribution in [0.4, 0.5) is 0 Å². The predicted octanol–water partition coefficient (Wildman–Crippen LogP) is 1.90. The first kappa shape index (κ1) is 17.0. The summed E-state index contributed by atoms with van der Waals surface area (Å²) in [6.07, 6.45) is -0.957. The number of oxazole rings is 1. The zero-order chi connectivity index (χ0) is 17.8. The molecule has 0 aliphatic rings. The number of esters is 1. The summed E-state index contributed by atoms with van der Waals surface area (Å²) in [6, 6.07) is 10.6. The average molecular weight is 360 g/mol. The van der Waals surface area contributed by atoms with Crippen LogP contribution in [0, 0.1) is 0 Å². The van der Waals surface area contributed by atoms with Gasteiger partial charge in [0.2, 0.25) is 0 Å². The minimum absolute atomic E-state index is 0.321. The summed E-state index contributed by atoms with van der Waals surface area (Å²) in [4.78, 5) is 36.9. The summed E-state index contributed by atoms with van der Waals surface area (Å²) in [7, 11) is 0. The van der Waals surface area contributed by atoms with Crippen molar-refractivity contribution in [3.8, 4) is 0 Å². The van der Waals surface area contributed by atoms with E-state index >= 15 is 0 Å². The second kappa shape index (κ2) is 7.35. The molecule has 2 heterocycles. The smallest absolute Gasteiger partial charge is 0.420 e. The van der Waals surface area contributed by atoms with Crippen molar-refractivity contribution < 1.29 is 18.7 Å². The van der Waals surface area contributed by atoms with E-state index in [9.17, 15) is 14.4 Å². The number of ether oxygens (including phenoxy) is 1. The minimum atomic E-state index is -0.957. The predicted molar refractivity (Wildman–Crippen MR) is 92.2 cm³/mol. The third-order valence-corrected chi connectivity index (χ3v) is 4.43. The number of nitrogens with zero attached hydrogens (tertiary/aromatic N) is 1. The Balaban J connectivity index is 1.58. The summed E-state index contributed by atoms with van der Waals surface area (Å²) in [5.41, 5.74) is 0.890. The van der Waals surface area contributed by atoms with Crippen LogP contribution in [0.2, 0.25) is 0 Å². The van der Waals surface area contributed by atoms with Gasteiger partial charge in [0.1, 0.15) is 6.54 Å². The van der Waals surface area contributed by atoms with Crippen LogP contribution in [0.15, 0.2) is 51.0 Å². The number of aromatic nitrogens is 1. The van der Waals surface area contributed by atoms with Crippen LogP contribution in [0.1, 0.15) is 11.8 Å². The molecule has 7 nitrogen and oxygen atoms in total. The third-order valence-electron chi connectivity index (χ3n) is 3.56. The lowest BCUT2D eigenvalue weighted by atomic mass is 10.3. The zero-order valence-electron chi connectivity index (χ0n) is 13.4. The summed E-state index contributed by atoms with van der Waals surface area (Å²) >= 11 is 1.53. The van der Waals surface area contributed by atoms with Crippen molar-refractivity contribution in [1.29, 1.82) is 0 Å². The number of benzene rings is 1. The van der Waals surface area contributed by atoms with E-state index in [1.54, 1.807) is 24.3 Å². The number of nitrogens with one attached hydrogen (secondary N) is 1. The number of carbonyl (C=O) groups excluding carboxylic acids is 2. The summed E-state index contributed by atoms with van der Waals surface area (Å²) in [5.74, 6) is -1.73. The van der Waals surface area contributed by atoms with Gasteiger partial charge >= 0.3 is 11.7 Å². The maximum atomic E-state index is 12.1. The van der Waals surface area contributed by atoms with Crippen molar-refractivity contribution in [3.63, 3.8) is 0 Å². The van der Waals surface area contributed by atoms with Gasteiger partial charge in [0.15, 0.2) is 11.7 Å². The Morgan fingerprint density at radius 3 is 2.84 bits per heavy atom. The van der Waals surface area contributed by atoms with Gasteiger partial charge in [-0.1, -0.05) is 18.2 Å². The Morgan fingerprint density at radius 2 is 2.08 bits per heavy atom. The second-order valence-electron chi connectivity index (χ2n) is 5.35. The molecule has 2 aromatic heterocycles. The molecular formula is C17H16N2O5S. The van der Waals surface area contributed by atoms with Gasteiger partial charge in [-0.05, 0) is 30.5 Å². The van der Waals surface area contributed by atoms with Crippen molar-refractivity contribution >= 4 is 34.3 Å². The molecule has 130 valence electrons. The summed E-state index contributed by atoms with van der Waals surface area (Å²) in [5, 5.41) is 4.61. The lowest BCUT2D eigenvalue weighted by molar-refractivity contribution is -0.155. The molecule has 0 saturated carbocycles. The summed E-state index contributed by atoms with van der Waals surface area (Å²) in [6.45, 7) is 1.54. The van der Waals surface area contributed by atoms with Crippen LogP contribution in [-0.2, 0) is 27.4 Å². The molecule has 25 heavy (non-hydrogen) atoms. The largest absolute Gasteiger partial charge is 0.451 e. The van der Waals surface area contributed by atoms with Gasteiger partial charge in [0, 0.05) is 4.88 Å². The van der Waals surface area contributed by atoms with Gasteiger partial charge in [-0.3, -0.25) is 14.2 Å².